The SMILES string of the molecule is CCC.CN(C)S(=O)(=O)c1nc2c(c(=O)n(C)c(=O)n2C)n1C.Cn1c(=O)c2c([nH]c(=S)n2C)n(C)c1=O.Cn1c(=O)c2c(nc(S(=O)(=O)Cl)n2C)n(C)c1=O. The Labute approximate surface area is 326 Å². The van der Waals surface area contributed by atoms with Crippen LogP contribution < -0.4 is 33.7 Å². The molecule has 0 aromatic carbocycles. The van der Waals surface area contributed by atoms with E-state index < -0.39 is 46.7 Å². The van der Waals surface area contributed by atoms with Gasteiger partial charge in [-0.15, -0.1) is 0 Å². The number of nitrogens with zero attached hydrogens (tertiary/aromatic N) is 12. The zero-order valence-electron chi connectivity index (χ0n) is 32.8. The molecule has 308 valence electrons. The van der Waals surface area contributed by atoms with Crippen molar-refractivity contribution in [1.82, 2.24) is 60.4 Å². The van der Waals surface area contributed by atoms with Crippen LogP contribution in [0.3, 0.4) is 0 Å². The predicted molar refractivity (Wildman–Crippen MR) is 211 cm³/mol. The molecule has 6 heterocycles. The maximum Gasteiger partial charge on any atom is 0.332 e. The molecular weight excluding hydrogens is 822 g/mol. The van der Waals surface area contributed by atoms with E-state index in [4.69, 9.17) is 22.9 Å². The van der Waals surface area contributed by atoms with Crippen molar-refractivity contribution in [3.63, 3.8) is 0 Å². The van der Waals surface area contributed by atoms with Gasteiger partial charge in [-0.05, 0) is 12.2 Å². The molecule has 6 aromatic heterocycles. The lowest BCUT2D eigenvalue weighted by molar-refractivity contribution is 0.507. The molecule has 0 unspecified atom stereocenters. The molecule has 23 nitrogen and oxygen atoms in total. The monoisotopic (exact) mass is 863 g/mol. The van der Waals surface area contributed by atoms with Crippen molar-refractivity contribution < 1.29 is 16.8 Å². The fourth-order valence-electron chi connectivity index (χ4n) is 5.17. The second-order valence-corrected chi connectivity index (χ2v) is 17.4. The number of hydrogen-bond donors (Lipinski definition) is 1. The van der Waals surface area contributed by atoms with Crippen LogP contribution >= 0.6 is 22.9 Å². The molecule has 0 aliphatic rings. The lowest BCUT2D eigenvalue weighted by Crippen LogP contribution is -2.37. The van der Waals surface area contributed by atoms with Crippen molar-refractivity contribution in [2.45, 2.75) is 30.6 Å². The molecule has 0 spiro atoms. The van der Waals surface area contributed by atoms with Gasteiger partial charge < -0.3 is 18.7 Å². The van der Waals surface area contributed by atoms with Gasteiger partial charge in [0.1, 0.15) is 5.65 Å². The van der Waals surface area contributed by atoms with Crippen LogP contribution in [0.2, 0.25) is 0 Å². The van der Waals surface area contributed by atoms with Crippen LogP contribution in [0, 0.1) is 4.77 Å². The summed E-state index contributed by atoms with van der Waals surface area (Å²) in [5.41, 5.74) is -2.14. The van der Waals surface area contributed by atoms with Crippen LogP contribution in [-0.4, -0.2) is 91.3 Å². The van der Waals surface area contributed by atoms with Crippen molar-refractivity contribution in [3.05, 3.63) is 67.3 Å². The summed E-state index contributed by atoms with van der Waals surface area (Å²) in [4.78, 5) is 81.4. The van der Waals surface area contributed by atoms with E-state index in [1.54, 1.807) is 18.7 Å². The average Bonchev–Trinajstić information content (AvgIpc) is 3.77. The van der Waals surface area contributed by atoms with Crippen LogP contribution in [0.25, 0.3) is 33.5 Å². The molecule has 6 aromatic rings. The molecule has 1 N–H and O–H groups in total. The van der Waals surface area contributed by atoms with Crippen molar-refractivity contribution in [1.29, 1.82) is 0 Å². The van der Waals surface area contributed by atoms with Gasteiger partial charge in [0.2, 0.25) is 10.3 Å². The maximum absolute atomic E-state index is 12.2. The summed E-state index contributed by atoms with van der Waals surface area (Å²) in [6.45, 7) is 4.25. The third kappa shape index (κ3) is 7.65. The van der Waals surface area contributed by atoms with E-state index in [1.165, 1.54) is 79.0 Å². The van der Waals surface area contributed by atoms with E-state index in [2.05, 4.69) is 28.8 Å². The molecule has 56 heavy (non-hydrogen) atoms. The van der Waals surface area contributed by atoms with Gasteiger partial charge in [-0.2, -0.15) is 9.97 Å². The minimum Gasteiger partial charge on any atom is -0.316 e. The number of sulfonamides is 1. The van der Waals surface area contributed by atoms with Crippen molar-refractivity contribution >= 4 is 75.5 Å². The number of hydrogen-bond acceptors (Lipinski definition) is 13. The van der Waals surface area contributed by atoms with Gasteiger partial charge in [0.15, 0.2) is 32.6 Å². The van der Waals surface area contributed by atoms with Crippen molar-refractivity contribution in [2.24, 2.45) is 63.4 Å². The first-order valence-corrected chi connectivity index (χ1v) is 20.3. The zero-order chi connectivity index (χ0) is 43.3. The molecule has 0 amide bonds. The molecule has 0 atom stereocenters. The molecule has 6 rings (SSSR count). The van der Waals surface area contributed by atoms with E-state index in [0.29, 0.717) is 15.9 Å². The third-order valence-corrected chi connectivity index (χ3v) is 11.7. The first-order valence-electron chi connectivity index (χ1n) is 16.1. The highest BCUT2D eigenvalue weighted by Crippen LogP contribution is 2.18. The molecule has 0 aliphatic heterocycles. The highest BCUT2D eigenvalue weighted by atomic mass is 35.7. The average molecular weight is 864 g/mol. The Kier molecular flexibility index (Phi) is 13.0. The summed E-state index contributed by atoms with van der Waals surface area (Å²) in [5.74, 6) is 0. The fraction of sp³-hybridized carbons (Fsp3) is 0.483. The van der Waals surface area contributed by atoms with E-state index in [1.807, 2.05) is 0 Å². The molecule has 27 heteroatoms. The maximum atomic E-state index is 12.2. The van der Waals surface area contributed by atoms with Gasteiger partial charge in [-0.1, -0.05) is 20.3 Å². The highest BCUT2D eigenvalue weighted by Gasteiger charge is 2.28. The molecule has 0 fully saturated rings. The normalized spacial score (nSPS) is 11.7. The van der Waals surface area contributed by atoms with Gasteiger partial charge in [0, 0.05) is 88.2 Å². The first-order chi connectivity index (χ1) is 25.6. The van der Waals surface area contributed by atoms with Crippen LogP contribution in [-0.2, 0) is 82.5 Å². The Balaban J connectivity index is 0.000000219. The largest absolute Gasteiger partial charge is 0.332 e. The molecule has 0 aliphatic carbocycles. The quantitative estimate of drug-likeness (QED) is 0.152. The molecule has 0 bridgehead atoms. The molecule has 0 saturated carbocycles. The van der Waals surface area contributed by atoms with Gasteiger partial charge >= 0.3 is 17.1 Å². The molecule has 0 saturated heterocycles. The van der Waals surface area contributed by atoms with Gasteiger partial charge in [0.05, 0.1) is 0 Å². The number of fused-ring (bicyclic) bond motifs is 3. The number of nitrogens with one attached hydrogen (secondary N) is 1. The Morgan fingerprint density at radius 1 is 0.571 bits per heavy atom. The number of aryl methyl sites for hydroxylation is 6. The van der Waals surface area contributed by atoms with E-state index in [0.717, 1.165) is 31.7 Å². The minimum atomic E-state index is -4.09. The number of aromatic amines is 1. The Bertz CT molecular complexity index is 3200. The van der Waals surface area contributed by atoms with Crippen LogP contribution in [0.5, 0.6) is 0 Å². The van der Waals surface area contributed by atoms with Gasteiger partial charge in [-0.25, -0.2) is 35.5 Å². The summed E-state index contributed by atoms with van der Waals surface area (Å²) < 4.78 is 58.6. The third-order valence-electron chi connectivity index (χ3n) is 8.30. The van der Waals surface area contributed by atoms with E-state index >= 15 is 0 Å². The van der Waals surface area contributed by atoms with Crippen LogP contribution in [0.1, 0.15) is 20.3 Å². The number of aromatic nitrogens is 12. The van der Waals surface area contributed by atoms with E-state index in [9.17, 15) is 45.6 Å². The smallest absolute Gasteiger partial charge is 0.316 e. The Hall–Kier alpha value is -5.18. The number of imidazole rings is 3. The number of H-pyrrole nitrogens is 1. The second kappa shape index (κ2) is 16.1. The molecule has 0 radical (unpaired) electrons. The number of halogens is 1. The highest BCUT2D eigenvalue weighted by molar-refractivity contribution is 8.13. The summed E-state index contributed by atoms with van der Waals surface area (Å²) in [7, 11) is 13.0. The van der Waals surface area contributed by atoms with E-state index in [-0.39, 0.29) is 38.7 Å². The predicted octanol–water partition coefficient (Wildman–Crippen LogP) is -1.83. The van der Waals surface area contributed by atoms with Gasteiger partial charge in [-0.3, -0.25) is 41.8 Å². The number of rotatable bonds is 3. The standard InChI is InChI=1S/C10H15N5O4S.C8H9ClN4O4S.C8H10N4O2S.C3H8/c1-12(2)20(18,19)9-11-7-6(13(9)3)8(16)15(5)10(17)14(7)4;1-11-4-5(10-7(11)18(9,16)17)12(2)8(15)13(3)6(4)14;1-10-4-5(9-7(10)15)11(2)8(14)12(3)6(4)13;1-3-2/h1-5H3;1-3H3;1-3H3,(H,9,15);3H2,1-2H3. The summed E-state index contributed by atoms with van der Waals surface area (Å²) in [6, 6.07) is 0. The summed E-state index contributed by atoms with van der Waals surface area (Å²) in [6.07, 6.45) is 1.25. The fourth-order valence-corrected chi connectivity index (χ4v) is 7.35. The van der Waals surface area contributed by atoms with Gasteiger partial charge in [0.25, 0.3) is 35.8 Å². The lowest BCUT2D eigenvalue weighted by atomic mass is 10.5. The van der Waals surface area contributed by atoms with Crippen LogP contribution in [0.4, 0.5) is 0 Å². The van der Waals surface area contributed by atoms with Crippen LogP contribution in [0.15, 0.2) is 39.1 Å². The van der Waals surface area contributed by atoms with Crippen molar-refractivity contribution in [2.75, 3.05) is 14.1 Å². The summed E-state index contributed by atoms with van der Waals surface area (Å²) >= 11 is 5.00. The lowest BCUT2D eigenvalue weighted by Gasteiger charge is -2.10. The Morgan fingerprint density at radius 3 is 1.29 bits per heavy atom. The molecular formula is C29H42ClN13O10S3. The zero-order valence-corrected chi connectivity index (χ0v) is 36.0. The second-order valence-electron chi connectivity index (χ2n) is 12.5. The van der Waals surface area contributed by atoms with Crippen molar-refractivity contribution in [3.8, 4) is 0 Å². The topological polar surface area (TPSA) is 260 Å². The summed E-state index contributed by atoms with van der Waals surface area (Å²) in [5, 5.41) is -0.756. The Morgan fingerprint density at radius 2 is 0.911 bits per heavy atom. The minimum absolute atomic E-state index is 0.00109. The first kappa shape index (κ1) is 45.2.